The Balaban J connectivity index is 1.92. The van der Waals surface area contributed by atoms with Crippen molar-refractivity contribution in [3.63, 3.8) is 0 Å². The Morgan fingerprint density at radius 3 is 2.92 bits per heavy atom. The van der Waals surface area contributed by atoms with Crippen LogP contribution >= 0.6 is 0 Å². The molecule has 26 heavy (non-hydrogen) atoms. The third-order valence-electron chi connectivity index (χ3n) is 3.65. The lowest BCUT2D eigenvalue weighted by Gasteiger charge is -2.16. The molecule has 10 nitrogen and oxygen atoms in total. The number of hydrogen-bond acceptors (Lipinski definition) is 8. The summed E-state index contributed by atoms with van der Waals surface area (Å²) in [4.78, 5) is 38.7. The van der Waals surface area contributed by atoms with Gasteiger partial charge in [0.1, 0.15) is 12.0 Å². The molecule has 0 radical (unpaired) electrons. The Bertz CT molecular complexity index is 697. The average molecular weight is 372 g/mol. The first-order valence-electron chi connectivity index (χ1n) is 8.04. The van der Waals surface area contributed by atoms with Crippen LogP contribution in [0.3, 0.4) is 0 Å². The highest BCUT2D eigenvalue weighted by Gasteiger charge is 2.36. The third kappa shape index (κ3) is 5.31. The minimum absolute atomic E-state index is 0.0228. The van der Waals surface area contributed by atoms with Gasteiger partial charge in [0.15, 0.2) is 12.8 Å². The summed E-state index contributed by atoms with van der Waals surface area (Å²) in [5.41, 5.74) is -0.819. The van der Waals surface area contributed by atoms with Crippen LogP contribution in [0.2, 0.25) is 0 Å². The topological polar surface area (TPSA) is 132 Å². The van der Waals surface area contributed by atoms with Gasteiger partial charge >= 0.3 is 11.7 Å². The number of rotatable bonds is 8. The van der Waals surface area contributed by atoms with Crippen LogP contribution in [0.15, 0.2) is 17.1 Å². The van der Waals surface area contributed by atoms with Crippen LogP contribution in [0.25, 0.3) is 0 Å². The molecular weight excluding hydrogens is 351 g/mol. The second-order valence-electron chi connectivity index (χ2n) is 5.65. The van der Waals surface area contributed by atoms with Crippen molar-refractivity contribution in [2.24, 2.45) is 0 Å². The van der Waals surface area contributed by atoms with E-state index in [0.29, 0.717) is 6.54 Å². The molecule has 1 aromatic rings. The van der Waals surface area contributed by atoms with E-state index in [0.717, 1.165) is 4.57 Å². The maximum atomic E-state index is 13.9. The summed E-state index contributed by atoms with van der Waals surface area (Å²) < 4.78 is 24.9. The number of anilines is 1. The summed E-state index contributed by atoms with van der Waals surface area (Å²) in [6.45, 7) is -0.430. The minimum atomic E-state index is -1.45. The summed E-state index contributed by atoms with van der Waals surface area (Å²) in [6, 6.07) is 1.30. The van der Waals surface area contributed by atoms with Crippen LogP contribution in [0.1, 0.15) is 19.1 Å². The number of esters is 1. The zero-order valence-corrected chi connectivity index (χ0v) is 14.2. The number of hydrogen-bond donors (Lipinski definition) is 3. The van der Waals surface area contributed by atoms with Crippen LogP contribution in [0.4, 0.5) is 10.2 Å². The minimum Gasteiger partial charge on any atom is -0.456 e. The molecule has 0 aromatic carbocycles. The Morgan fingerprint density at radius 2 is 2.31 bits per heavy atom. The summed E-state index contributed by atoms with van der Waals surface area (Å²) in [6.07, 6.45) is -1.97. The Morgan fingerprint density at radius 1 is 1.54 bits per heavy atom. The first-order valence-corrected chi connectivity index (χ1v) is 8.04. The molecule has 0 spiro atoms. The fraction of sp³-hybridized carbons (Fsp3) is 0.600. The number of aliphatic hydroxyl groups excluding tert-OH is 1. The Labute approximate surface area is 148 Å². The monoisotopic (exact) mass is 372 g/mol. The smallest absolute Gasteiger partial charge is 0.351 e. The van der Waals surface area contributed by atoms with Gasteiger partial charge in [-0.3, -0.25) is 14.2 Å². The molecule has 1 amide bonds. The van der Waals surface area contributed by atoms with Crippen molar-refractivity contribution in [3.05, 3.63) is 22.7 Å². The van der Waals surface area contributed by atoms with Crippen molar-refractivity contribution < 1.29 is 28.6 Å². The molecular formula is C15H21FN4O6. The fourth-order valence-corrected chi connectivity index (χ4v) is 2.36. The zero-order valence-electron chi connectivity index (χ0n) is 14.2. The van der Waals surface area contributed by atoms with Crippen LogP contribution in [-0.2, 0) is 19.1 Å². The van der Waals surface area contributed by atoms with Crippen molar-refractivity contribution in [1.29, 1.82) is 0 Å². The zero-order chi connectivity index (χ0) is 19.1. The number of aliphatic hydroxyl groups is 1. The number of ether oxygens (including phenoxy) is 2. The third-order valence-corrected chi connectivity index (χ3v) is 3.65. The molecule has 1 aromatic heterocycles. The average Bonchev–Trinajstić information content (AvgIpc) is 2.99. The second-order valence-corrected chi connectivity index (χ2v) is 5.65. The molecule has 0 unspecified atom stereocenters. The molecule has 0 bridgehead atoms. The van der Waals surface area contributed by atoms with E-state index in [9.17, 15) is 18.8 Å². The molecule has 3 N–H and O–H groups in total. The number of carbonyl (C=O) groups is 2. The van der Waals surface area contributed by atoms with Crippen LogP contribution < -0.4 is 16.3 Å². The van der Waals surface area contributed by atoms with Crippen LogP contribution in [0.5, 0.6) is 0 Å². The van der Waals surface area contributed by atoms with E-state index in [1.807, 2.05) is 0 Å². The summed E-state index contributed by atoms with van der Waals surface area (Å²) >= 11 is 0. The highest BCUT2D eigenvalue weighted by Crippen LogP contribution is 2.30. The maximum Gasteiger partial charge on any atom is 0.351 e. The van der Waals surface area contributed by atoms with E-state index in [1.54, 1.807) is 7.05 Å². The van der Waals surface area contributed by atoms with Crippen molar-refractivity contribution in [1.82, 2.24) is 14.9 Å². The molecule has 2 rings (SSSR count). The van der Waals surface area contributed by atoms with Gasteiger partial charge in [-0.25, -0.2) is 9.18 Å². The quantitative estimate of drug-likeness (QED) is 0.493. The molecule has 2 heterocycles. The lowest BCUT2D eigenvalue weighted by molar-refractivity contribution is -0.147. The predicted molar refractivity (Wildman–Crippen MR) is 87.1 cm³/mol. The highest BCUT2D eigenvalue weighted by molar-refractivity contribution is 5.91. The molecule has 1 saturated heterocycles. The SMILES string of the molecule is CNCCC(=O)OCC(=O)Nc1ccn([C@@H]2O[C@H](CO)C[C@@H]2F)c(=O)n1. The van der Waals surface area contributed by atoms with E-state index < -0.39 is 42.7 Å². The molecule has 144 valence electrons. The predicted octanol–water partition coefficient (Wildman–Crippen LogP) is -1.05. The van der Waals surface area contributed by atoms with Gasteiger partial charge in [-0.05, 0) is 13.1 Å². The number of carbonyl (C=O) groups excluding carboxylic acids is 2. The van der Waals surface area contributed by atoms with E-state index in [-0.39, 0.29) is 25.3 Å². The lowest BCUT2D eigenvalue weighted by Crippen LogP contribution is -2.31. The van der Waals surface area contributed by atoms with Gasteiger partial charge in [0.2, 0.25) is 0 Å². The van der Waals surface area contributed by atoms with Gasteiger partial charge < -0.3 is 25.2 Å². The summed E-state index contributed by atoms with van der Waals surface area (Å²) in [5, 5.41) is 14.1. The Kier molecular flexibility index (Phi) is 7.18. The van der Waals surface area contributed by atoms with Crippen molar-refractivity contribution in [2.75, 3.05) is 32.1 Å². The van der Waals surface area contributed by atoms with Gasteiger partial charge in [0.05, 0.1) is 19.1 Å². The van der Waals surface area contributed by atoms with Gasteiger partial charge in [0, 0.05) is 19.2 Å². The standard InChI is InChI=1S/C15H21FN4O6/c1-17-4-2-13(23)25-8-12(22)18-11-3-5-20(15(24)19-11)14-10(16)6-9(7-21)26-14/h3,5,9-10,14,17,21H,2,4,6-8H2,1H3,(H,18,19,22,24)/t9-,10-,14+/m0/s1. The molecule has 3 atom stereocenters. The normalized spacial score (nSPS) is 22.2. The highest BCUT2D eigenvalue weighted by atomic mass is 19.1. The molecule has 1 aliphatic heterocycles. The molecule has 0 saturated carbocycles. The first-order chi connectivity index (χ1) is 12.4. The van der Waals surface area contributed by atoms with E-state index in [2.05, 4.69) is 15.6 Å². The summed E-state index contributed by atoms with van der Waals surface area (Å²) in [5.74, 6) is -1.26. The molecule has 0 aliphatic carbocycles. The van der Waals surface area contributed by atoms with E-state index in [1.165, 1.54) is 12.3 Å². The number of nitrogens with one attached hydrogen (secondary N) is 2. The van der Waals surface area contributed by atoms with Gasteiger partial charge in [0.25, 0.3) is 5.91 Å². The van der Waals surface area contributed by atoms with Crippen LogP contribution in [-0.4, -0.2) is 65.6 Å². The first kappa shape index (κ1) is 19.9. The van der Waals surface area contributed by atoms with Gasteiger partial charge in [-0.15, -0.1) is 0 Å². The Hall–Kier alpha value is -2.37. The van der Waals surface area contributed by atoms with Crippen molar-refractivity contribution in [3.8, 4) is 0 Å². The lowest BCUT2D eigenvalue weighted by atomic mass is 10.2. The summed E-state index contributed by atoms with van der Waals surface area (Å²) in [7, 11) is 1.68. The molecule has 1 aliphatic rings. The fourth-order valence-electron chi connectivity index (χ4n) is 2.36. The van der Waals surface area contributed by atoms with Gasteiger partial charge in [-0.2, -0.15) is 4.98 Å². The number of halogens is 1. The van der Waals surface area contributed by atoms with Gasteiger partial charge in [-0.1, -0.05) is 0 Å². The maximum absolute atomic E-state index is 13.9. The largest absolute Gasteiger partial charge is 0.456 e. The van der Waals surface area contributed by atoms with Crippen molar-refractivity contribution >= 4 is 17.7 Å². The van der Waals surface area contributed by atoms with Crippen molar-refractivity contribution in [2.45, 2.75) is 31.3 Å². The molecule has 11 heteroatoms. The van der Waals surface area contributed by atoms with E-state index >= 15 is 0 Å². The van der Waals surface area contributed by atoms with Crippen LogP contribution in [0, 0.1) is 0 Å². The number of amides is 1. The molecule has 1 fully saturated rings. The number of nitrogens with zero attached hydrogens (tertiary/aromatic N) is 2. The number of alkyl halides is 1. The second kappa shape index (κ2) is 9.36. The number of aromatic nitrogens is 2. The van der Waals surface area contributed by atoms with E-state index in [4.69, 9.17) is 14.6 Å².